The number of aromatic nitrogens is 1. The van der Waals surface area contributed by atoms with Gasteiger partial charge in [-0.3, -0.25) is 0 Å². The summed E-state index contributed by atoms with van der Waals surface area (Å²) in [6.45, 7) is 7.08. The first-order chi connectivity index (χ1) is 8.52. The molecular formula is C14H16BrFN2. The molecule has 2 rings (SSSR count). The number of halogens is 2. The van der Waals surface area contributed by atoms with Crippen molar-refractivity contribution in [1.82, 2.24) is 4.98 Å². The molecule has 0 atom stereocenters. The topological polar surface area (TPSA) is 24.9 Å². The number of rotatable bonds is 3. The van der Waals surface area contributed by atoms with E-state index >= 15 is 0 Å². The van der Waals surface area contributed by atoms with Crippen LogP contribution in [-0.2, 0) is 0 Å². The molecule has 4 heteroatoms. The summed E-state index contributed by atoms with van der Waals surface area (Å²) in [6.07, 6.45) is 0. The Balaban J connectivity index is 2.68. The van der Waals surface area contributed by atoms with Gasteiger partial charge in [0.1, 0.15) is 11.6 Å². The Morgan fingerprint density at radius 2 is 2.06 bits per heavy atom. The maximum atomic E-state index is 13.5. The molecule has 0 radical (unpaired) electrons. The molecule has 0 aliphatic carbocycles. The zero-order valence-corrected chi connectivity index (χ0v) is 12.3. The maximum Gasteiger partial charge on any atom is 0.139 e. The van der Waals surface area contributed by atoms with Gasteiger partial charge in [-0.2, -0.15) is 0 Å². The van der Waals surface area contributed by atoms with Crippen LogP contribution < -0.4 is 5.32 Å². The average Bonchev–Trinajstić information content (AvgIpc) is 2.30. The Bertz CT molecular complexity index is 582. The van der Waals surface area contributed by atoms with Crippen LogP contribution in [0.5, 0.6) is 0 Å². The molecule has 0 amide bonds. The summed E-state index contributed by atoms with van der Waals surface area (Å²) in [5, 5.41) is 4.19. The molecule has 1 N–H and O–H groups in total. The van der Waals surface area contributed by atoms with E-state index in [9.17, 15) is 4.39 Å². The van der Waals surface area contributed by atoms with Gasteiger partial charge in [0.05, 0.1) is 9.99 Å². The Hall–Kier alpha value is -1.16. The maximum absolute atomic E-state index is 13.5. The predicted molar refractivity (Wildman–Crippen MR) is 77.7 cm³/mol. The number of hydrogen-bond donors (Lipinski definition) is 1. The zero-order chi connectivity index (χ0) is 13.3. The van der Waals surface area contributed by atoms with Crippen molar-refractivity contribution in [3.63, 3.8) is 0 Å². The first-order valence-electron chi connectivity index (χ1n) is 6.06. The molecule has 0 aliphatic heterocycles. The molecule has 0 fully saturated rings. The molecule has 1 aromatic carbocycles. The molecule has 96 valence electrons. The summed E-state index contributed by atoms with van der Waals surface area (Å²) >= 11 is 3.21. The lowest BCUT2D eigenvalue weighted by atomic mass is 10.0. The standard InChI is InChI=1S/C14H16BrFN2/c1-4-17-14-10(8(2)3)5-9-6-11(15)12(16)7-13(9)18-14/h5-8H,4H2,1-3H3,(H,17,18). The lowest BCUT2D eigenvalue weighted by Crippen LogP contribution is -2.05. The van der Waals surface area contributed by atoms with Crippen LogP contribution in [0, 0.1) is 5.82 Å². The van der Waals surface area contributed by atoms with E-state index in [1.54, 1.807) is 6.07 Å². The van der Waals surface area contributed by atoms with Crippen LogP contribution in [0.3, 0.4) is 0 Å². The molecule has 1 aromatic heterocycles. The molecule has 0 saturated heterocycles. The number of pyridine rings is 1. The largest absolute Gasteiger partial charge is 0.370 e. The van der Waals surface area contributed by atoms with Gasteiger partial charge < -0.3 is 5.32 Å². The molecule has 0 saturated carbocycles. The van der Waals surface area contributed by atoms with E-state index in [-0.39, 0.29) is 5.82 Å². The number of fused-ring (bicyclic) bond motifs is 1. The first kappa shape index (κ1) is 13.3. The van der Waals surface area contributed by atoms with Gasteiger partial charge in [0, 0.05) is 18.0 Å². The summed E-state index contributed by atoms with van der Waals surface area (Å²) in [6, 6.07) is 5.32. The summed E-state index contributed by atoms with van der Waals surface area (Å²) in [7, 11) is 0. The fourth-order valence-electron chi connectivity index (χ4n) is 1.93. The molecule has 2 aromatic rings. The van der Waals surface area contributed by atoms with Gasteiger partial charge in [-0.15, -0.1) is 0 Å². The van der Waals surface area contributed by atoms with Crippen LogP contribution in [0.1, 0.15) is 32.3 Å². The summed E-state index contributed by atoms with van der Waals surface area (Å²) in [5.41, 5.74) is 1.83. The van der Waals surface area contributed by atoms with Gasteiger partial charge in [0.15, 0.2) is 0 Å². The summed E-state index contributed by atoms with van der Waals surface area (Å²) in [5.74, 6) is 0.941. The number of nitrogens with one attached hydrogen (secondary N) is 1. The van der Waals surface area contributed by atoms with E-state index in [0.29, 0.717) is 15.9 Å². The van der Waals surface area contributed by atoms with Crippen molar-refractivity contribution in [3.8, 4) is 0 Å². The smallest absolute Gasteiger partial charge is 0.139 e. The number of benzene rings is 1. The van der Waals surface area contributed by atoms with E-state index in [1.165, 1.54) is 6.07 Å². The third-order valence-electron chi connectivity index (χ3n) is 2.85. The summed E-state index contributed by atoms with van der Waals surface area (Å²) in [4.78, 5) is 4.52. The fraction of sp³-hybridized carbons (Fsp3) is 0.357. The van der Waals surface area contributed by atoms with Crippen LogP contribution in [0.2, 0.25) is 0 Å². The molecule has 2 nitrogen and oxygen atoms in total. The highest BCUT2D eigenvalue weighted by Gasteiger charge is 2.11. The minimum Gasteiger partial charge on any atom is -0.370 e. The second-order valence-electron chi connectivity index (χ2n) is 4.57. The van der Waals surface area contributed by atoms with E-state index < -0.39 is 0 Å². The first-order valence-corrected chi connectivity index (χ1v) is 6.85. The lowest BCUT2D eigenvalue weighted by molar-refractivity contribution is 0.623. The molecule has 18 heavy (non-hydrogen) atoms. The van der Waals surface area contributed by atoms with Gasteiger partial charge in [0.25, 0.3) is 0 Å². The SMILES string of the molecule is CCNc1nc2cc(F)c(Br)cc2cc1C(C)C. The van der Waals surface area contributed by atoms with Gasteiger partial charge in [-0.25, -0.2) is 9.37 Å². The van der Waals surface area contributed by atoms with Crippen molar-refractivity contribution in [2.24, 2.45) is 0 Å². The number of anilines is 1. The van der Waals surface area contributed by atoms with Gasteiger partial charge >= 0.3 is 0 Å². The Kier molecular flexibility index (Phi) is 3.85. The Labute approximate surface area is 115 Å². The molecule has 0 spiro atoms. The average molecular weight is 311 g/mol. The van der Waals surface area contributed by atoms with Gasteiger partial charge in [-0.1, -0.05) is 13.8 Å². The van der Waals surface area contributed by atoms with Crippen LogP contribution in [0.15, 0.2) is 22.7 Å². The second-order valence-corrected chi connectivity index (χ2v) is 5.42. The molecular weight excluding hydrogens is 295 g/mol. The third-order valence-corrected chi connectivity index (χ3v) is 3.46. The van der Waals surface area contributed by atoms with Gasteiger partial charge in [-0.05, 0) is 46.5 Å². The van der Waals surface area contributed by atoms with Crippen molar-refractivity contribution in [1.29, 1.82) is 0 Å². The van der Waals surface area contributed by atoms with Crippen LogP contribution in [0.25, 0.3) is 10.9 Å². The number of nitrogens with zero attached hydrogens (tertiary/aromatic N) is 1. The summed E-state index contributed by atoms with van der Waals surface area (Å²) < 4.78 is 14.0. The van der Waals surface area contributed by atoms with E-state index in [2.05, 4.69) is 46.1 Å². The van der Waals surface area contributed by atoms with Crippen molar-refractivity contribution >= 4 is 32.7 Å². The molecule has 0 bridgehead atoms. The van der Waals surface area contributed by atoms with Crippen molar-refractivity contribution in [2.45, 2.75) is 26.7 Å². The van der Waals surface area contributed by atoms with E-state index in [1.807, 2.05) is 6.92 Å². The highest BCUT2D eigenvalue weighted by molar-refractivity contribution is 9.10. The van der Waals surface area contributed by atoms with Crippen molar-refractivity contribution < 1.29 is 4.39 Å². The van der Waals surface area contributed by atoms with Crippen LogP contribution in [0.4, 0.5) is 10.2 Å². The van der Waals surface area contributed by atoms with Crippen molar-refractivity contribution in [2.75, 3.05) is 11.9 Å². The molecule has 1 heterocycles. The minimum atomic E-state index is -0.283. The Morgan fingerprint density at radius 1 is 1.33 bits per heavy atom. The van der Waals surface area contributed by atoms with Gasteiger partial charge in [0.2, 0.25) is 0 Å². The second kappa shape index (κ2) is 5.22. The zero-order valence-electron chi connectivity index (χ0n) is 10.7. The van der Waals surface area contributed by atoms with Crippen LogP contribution >= 0.6 is 15.9 Å². The quantitative estimate of drug-likeness (QED) is 0.889. The van der Waals surface area contributed by atoms with Crippen LogP contribution in [-0.4, -0.2) is 11.5 Å². The van der Waals surface area contributed by atoms with E-state index in [0.717, 1.165) is 23.3 Å². The molecule has 0 aliphatic rings. The highest BCUT2D eigenvalue weighted by atomic mass is 79.9. The lowest BCUT2D eigenvalue weighted by Gasteiger charge is -2.14. The fourth-order valence-corrected chi connectivity index (χ4v) is 2.30. The molecule has 0 unspecified atom stereocenters. The van der Waals surface area contributed by atoms with E-state index in [4.69, 9.17) is 0 Å². The highest BCUT2D eigenvalue weighted by Crippen LogP contribution is 2.29. The minimum absolute atomic E-state index is 0.283. The third kappa shape index (κ3) is 2.48. The predicted octanol–water partition coefficient (Wildman–Crippen LogP) is 4.69. The normalized spacial score (nSPS) is 11.2. The monoisotopic (exact) mass is 310 g/mol. The van der Waals surface area contributed by atoms with Crippen molar-refractivity contribution in [3.05, 3.63) is 34.1 Å². The number of hydrogen-bond acceptors (Lipinski definition) is 2. The Morgan fingerprint density at radius 3 is 2.67 bits per heavy atom.